The van der Waals surface area contributed by atoms with Crippen LogP contribution in [0.4, 0.5) is 10.1 Å². The fourth-order valence-electron chi connectivity index (χ4n) is 2.79. The molecule has 19 heavy (non-hydrogen) atoms. The van der Waals surface area contributed by atoms with Crippen molar-refractivity contribution in [3.63, 3.8) is 0 Å². The summed E-state index contributed by atoms with van der Waals surface area (Å²) in [5.74, 6) is -0.158. The monoisotopic (exact) mass is 255 g/mol. The summed E-state index contributed by atoms with van der Waals surface area (Å²) in [6.45, 7) is 3.02. The Morgan fingerprint density at radius 1 is 1.16 bits per heavy atom. The lowest BCUT2D eigenvalue weighted by molar-refractivity contribution is 0.626. The van der Waals surface area contributed by atoms with E-state index < -0.39 is 0 Å². The molecule has 1 aliphatic heterocycles. The number of fused-ring (bicyclic) bond motifs is 1. The molecular weight excluding hydrogens is 237 g/mol. The highest BCUT2D eigenvalue weighted by molar-refractivity contribution is 5.60. The molecule has 1 nitrogen and oxygen atoms in total. The normalized spacial score (nSPS) is 13.8. The number of aryl methyl sites for hydroxylation is 2. The zero-order valence-electron chi connectivity index (χ0n) is 11.2. The molecule has 0 atom stereocenters. The van der Waals surface area contributed by atoms with E-state index in [0.29, 0.717) is 0 Å². The first-order valence-electron chi connectivity index (χ1n) is 6.84. The van der Waals surface area contributed by atoms with Crippen LogP contribution in [0, 0.1) is 12.7 Å². The van der Waals surface area contributed by atoms with E-state index in [2.05, 4.69) is 23.5 Å². The third-order valence-electron chi connectivity index (χ3n) is 3.85. The summed E-state index contributed by atoms with van der Waals surface area (Å²) in [5.41, 5.74) is 6.23. The van der Waals surface area contributed by atoms with Crippen LogP contribution in [0.25, 0.3) is 0 Å². The fraction of sp³-hybridized carbons (Fsp3) is 0.294. The molecule has 1 heterocycles. The molecule has 0 bridgehead atoms. The van der Waals surface area contributed by atoms with Crippen LogP contribution < -0.4 is 5.32 Å². The van der Waals surface area contributed by atoms with Crippen molar-refractivity contribution in [2.75, 3.05) is 11.9 Å². The van der Waals surface area contributed by atoms with Gasteiger partial charge in [0.1, 0.15) is 5.82 Å². The fourth-order valence-corrected chi connectivity index (χ4v) is 2.79. The summed E-state index contributed by atoms with van der Waals surface area (Å²) in [6.07, 6.45) is 3.22. The summed E-state index contributed by atoms with van der Waals surface area (Å²) in [4.78, 5) is 0. The summed E-state index contributed by atoms with van der Waals surface area (Å²) in [6, 6.07) is 11.5. The van der Waals surface area contributed by atoms with Crippen LogP contribution in [0.3, 0.4) is 0 Å². The van der Waals surface area contributed by atoms with Gasteiger partial charge in [0.2, 0.25) is 0 Å². The number of hydrogen-bond acceptors (Lipinski definition) is 1. The largest absolute Gasteiger partial charge is 0.385 e. The van der Waals surface area contributed by atoms with Gasteiger partial charge < -0.3 is 5.32 Å². The van der Waals surface area contributed by atoms with E-state index in [4.69, 9.17) is 0 Å². The maximum Gasteiger partial charge on any atom is 0.123 e. The third kappa shape index (κ3) is 2.48. The molecule has 0 spiro atoms. The quantitative estimate of drug-likeness (QED) is 0.852. The van der Waals surface area contributed by atoms with Gasteiger partial charge in [-0.25, -0.2) is 4.39 Å². The maximum absolute atomic E-state index is 13.1. The molecule has 0 unspecified atom stereocenters. The van der Waals surface area contributed by atoms with Gasteiger partial charge in [-0.15, -0.1) is 0 Å². The smallest absolute Gasteiger partial charge is 0.123 e. The predicted molar refractivity (Wildman–Crippen MR) is 77.2 cm³/mol. The molecule has 0 saturated carbocycles. The number of anilines is 1. The van der Waals surface area contributed by atoms with Gasteiger partial charge in [0, 0.05) is 12.2 Å². The molecular formula is C17H18FN. The number of para-hydroxylation sites is 1. The molecule has 2 aromatic rings. The Hall–Kier alpha value is -1.83. The average molecular weight is 255 g/mol. The first kappa shape index (κ1) is 12.2. The third-order valence-corrected chi connectivity index (χ3v) is 3.85. The molecule has 0 fully saturated rings. The van der Waals surface area contributed by atoms with Crippen molar-refractivity contribution in [1.82, 2.24) is 0 Å². The topological polar surface area (TPSA) is 12.0 Å². The second kappa shape index (κ2) is 5.04. The van der Waals surface area contributed by atoms with E-state index in [1.807, 2.05) is 13.0 Å². The van der Waals surface area contributed by atoms with Crippen molar-refractivity contribution in [2.24, 2.45) is 0 Å². The van der Waals surface area contributed by atoms with Crippen molar-refractivity contribution < 1.29 is 4.39 Å². The van der Waals surface area contributed by atoms with Gasteiger partial charge >= 0.3 is 0 Å². The van der Waals surface area contributed by atoms with Crippen LogP contribution in [-0.2, 0) is 12.8 Å². The zero-order valence-corrected chi connectivity index (χ0v) is 11.2. The van der Waals surface area contributed by atoms with Gasteiger partial charge in [-0.05, 0) is 60.6 Å². The highest BCUT2D eigenvalue weighted by Crippen LogP contribution is 2.28. The Bertz CT molecular complexity index is 604. The number of nitrogens with one attached hydrogen (secondary N) is 1. The van der Waals surface area contributed by atoms with E-state index >= 15 is 0 Å². The molecule has 2 aromatic carbocycles. The first-order valence-corrected chi connectivity index (χ1v) is 6.84. The summed E-state index contributed by atoms with van der Waals surface area (Å²) >= 11 is 0. The Morgan fingerprint density at radius 3 is 2.89 bits per heavy atom. The SMILES string of the molecule is Cc1cc(F)ccc1Cc1cccc2c1NCCC2. The highest BCUT2D eigenvalue weighted by Gasteiger charge is 2.13. The first-order chi connectivity index (χ1) is 9.24. The van der Waals surface area contributed by atoms with Crippen LogP contribution >= 0.6 is 0 Å². The zero-order chi connectivity index (χ0) is 13.2. The summed E-state index contributed by atoms with van der Waals surface area (Å²) in [5, 5.41) is 3.51. The second-order valence-electron chi connectivity index (χ2n) is 5.23. The molecule has 3 rings (SSSR count). The van der Waals surface area contributed by atoms with E-state index in [9.17, 15) is 4.39 Å². The Morgan fingerprint density at radius 2 is 2.05 bits per heavy atom. The Kier molecular flexibility index (Phi) is 3.24. The lowest BCUT2D eigenvalue weighted by Gasteiger charge is -2.21. The molecule has 1 aliphatic rings. The summed E-state index contributed by atoms with van der Waals surface area (Å²) < 4.78 is 13.1. The van der Waals surface area contributed by atoms with Gasteiger partial charge in [-0.3, -0.25) is 0 Å². The van der Waals surface area contributed by atoms with Gasteiger partial charge in [0.05, 0.1) is 0 Å². The predicted octanol–water partition coefficient (Wildman–Crippen LogP) is 4.08. The second-order valence-corrected chi connectivity index (χ2v) is 5.23. The minimum atomic E-state index is -0.158. The van der Waals surface area contributed by atoms with Crippen LogP contribution in [0.2, 0.25) is 0 Å². The van der Waals surface area contributed by atoms with Crippen LogP contribution in [-0.4, -0.2) is 6.54 Å². The van der Waals surface area contributed by atoms with Crippen LogP contribution in [0.15, 0.2) is 36.4 Å². The molecule has 0 saturated heterocycles. The lowest BCUT2D eigenvalue weighted by atomic mass is 9.94. The average Bonchev–Trinajstić information content (AvgIpc) is 2.42. The minimum absolute atomic E-state index is 0.158. The Balaban J connectivity index is 1.95. The van der Waals surface area contributed by atoms with E-state index in [1.54, 1.807) is 12.1 Å². The van der Waals surface area contributed by atoms with Crippen molar-refractivity contribution in [1.29, 1.82) is 0 Å². The standard InChI is InChI=1S/C17H18FN/c1-12-10-16(18)8-7-14(12)11-15-5-2-4-13-6-3-9-19-17(13)15/h2,4-5,7-8,10,19H,3,6,9,11H2,1H3. The number of halogens is 1. The van der Waals surface area contributed by atoms with Gasteiger partial charge in [0.15, 0.2) is 0 Å². The molecule has 0 aliphatic carbocycles. The Labute approximate surface area is 113 Å². The van der Waals surface area contributed by atoms with Crippen molar-refractivity contribution in [3.8, 4) is 0 Å². The minimum Gasteiger partial charge on any atom is -0.385 e. The molecule has 0 aromatic heterocycles. The molecule has 1 N–H and O–H groups in total. The number of rotatable bonds is 2. The van der Waals surface area contributed by atoms with Crippen molar-refractivity contribution in [2.45, 2.75) is 26.2 Å². The van der Waals surface area contributed by atoms with Gasteiger partial charge in [-0.1, -0.05) is 24.3 Å². The molecule has 2 heteroatoms. The van der Waals surface area contributed by atoms with Crippen LogP contribution in [0.1, 0.15) is 28.7 Å². The maximum atomic E-state index is 13.1. The lowest BCUT2D eigenvalue weighted by Crippen LogP contribution is -2.13. The van der Waals surface area contributed by atoms with E-state index in [0.717, 1.165) is 24.9 Å². The van der Waals surface area contributed by atoms with Gasteiger partial charge in [-0.2, -0.15) is 0 Å². The molecule has 0 amide bonds. The van der Waals surface area contributed by atoms with Gasteiger partial charge in [0.25, 0.3) is 0 Å². The summed E-state index contributed by atoms with van der Waals surface area (Å²) in [7, 11) is 0. The van der Waals surface area contributed by atoms with E-state index in [-0.39, 0.29) is 5.82 Å². The van der Waals surface area contributed by atoms with Crippen LogP contribution in [0.5, 0.6) is 0 Å². The molecule has 98 valence electrons. The van der Waals surface area contributed by atoms with Crippen molar-refractivity contribution in [3.05, 3.63) is 64.5 Å². The number of hydrogen-bond donors (Lipinski definition) is 1. The highest BCUT2D eigenvalue weighted by atomic mass is 19.1. The van der Waals surface area contributed by atoms with E-state index in [1.165, 1.54) is 28.8 Å². The molecule has 0 radical (unpaired) electrons. The number of benzene rings is 2. The van der Waals surface area contributed by atoms with Crippen molar-refractivity contribution >= 4 is 5.69 Å².